The molecule has 9 nitrogen and oxygen atoms in total. The van der Waals surface area contributed by atoms with Crippen molar-refractivity contribution in [3.05, 3.63) is 130 Å². The smallest absolute Gasteiger partial charge is 0.267 e. The van der Waals surface area contributed by atoms with Gasteiger partial charge in [-0.15, -0.1) is 0 Å². The Hall–Kier alpha value is -5.88. The summed E-state index contributed by atoms with van der Waals surface area (Å²) in [6, 6.07) is 21.0. The molecule has 0 aliphatic heterocycles. The van der Waals surface area contributed by atoms with Gasteiger partial charge in [0, 0.05) is 41.3 Å². The van der Waals surface area contributed by atoms with Gasteiger partial charge in [-0.25, -0.2) is 9.97 Å². The summed E-state index contributed by atoms with van der Waals surface area (Å²) in [5.74, 6) is 6.15. The molecule has 0 spiro atoms. The molecule has 3 N–H and O–H groups in total. The number of nitrogens with zero attached hydrogens (tertiary/aromatic N) is 5. The van der Waals surface area contributed by atoms with Crippen molar-refractivity contribution in [2.75, 3.05) is 5.73 Å². The molecule has 1 amide bonds. The zero-order valence-electron chi connectivity index (χ0n) is 21.9. The second kappa shape index (κ2) is 10.7. The van der Waals surface area contributed by atoms with E-state index in [0.717, 1.165) is 5.56 Å². The minimum absolute atomic E-state index is 0.0604. The molecule has 0 bridgehead atoms. The summed E-state index contributed by atoms with van der Waals surface area (Å²) in [4.78, 5) is 45.1. The first kappa shape index (κ1) is 25.4. The maximum Gasteiger partial charge on any atom is 0.267 e. The molecule has 0 saturated heterocycles. The number of hydrogen-bond donors (Lipinski definition) is 2. The van der Waals surface area contributed by atoms with Crippen LogP contribution in [0.3, 0.4) is 0 Å². The lowest BCUT2D eigenvalue weighted by molar-refractivity contribution is 0.0940. The van der Waals surface area contributed by atoms with Gasteiger partial charge in [-0.05, 0) is 55.5 Å². The molecule has 4 aromatic heterocycles. The van der Waals surface area contributed by atoms with E-state index in [-0.39, 0.29) is 16.9 Å². The molecule has 0 aliphatic rings. The van der Waals surface area contributed by atoms with Gasteiger partial charge in [-0.1, -0.05) is 36.1 Å². The monoisotopic (exact) mass is 537 g/mol. The fourth-order valence-electron chi connectivity index (χ4n) is 4.66. The molecule has 6 aromatic rings. The van der Waals surface area contributed by atoms with E-state index in [1.54, 1.807) is 68.1 Å². The number of rotatable bonds is 4. The van der Waals surface area contributed by atoms with Gasteiger partial charge in [0.05, 0.1) is 28.1 Å². The lowest BCUT2D eigenvalue weighted by Crippen LogP contribution is -2.34. The Bertz CT molecular complexity index is 2050. The predicted molar refractivity (Wildman–Crippen MR) is 157 cm³/mol. The van der Waals surface area contributed by atoms with Crippen LogP contribution < -0.4 is 16.6 Å². The summed E-state index contributed by atoms with van der Waals surface area (Å²) < 4.78 is 1.51. The molecule has 0 fully saturated rings. The number of nitrogen functional groups attached to an aromatic ring is 1. The molecule has 0 aliphatic carbocycles. The summed E-state index contributed by atoms with van der Waals surface area (Å²) in [7, 11) is 0. The van der Waals surface area contributed by atoms with Crippen LogP contribution in [0.25, 0.3) is 27.5 Å². The zero-order valence-corrected chi connectivity index (χ0v) is 21.9. The topological polar surface area (TPSA) is 129 Å². The largest absolute Gasteiger partial charge is 0.383 e. The maximum absolute atomic E-state index is 14.2. The van der Waals surface area contributed by atoms with Crippen LogP contribution in [0, 0.1) is 11.8 Å². The Morgan fingerprint density at radius 2 is 1.73 bits per heavy atom. The van der Waals surface area contributed by atoms with Crippen LogP contribution in [0.5, 0.6) is 0 Å². The van der Waals surface area contributed by atoms with E-state index < -0.39 is 11.9 Å². The molecule has 0 unspecified atom stereocenters. The van der Waals surface area contributed by atoms with Gasteiger partial charge in [0.25, 0.3) is 11.5 Å². The molecule has 198 valence electrons. The van der Waals surface area contributed by atoms with E-state index in [0.29, 0.717) is 38.9 Å². The van der Waals surface area contributed by atoms with Crippen molar-refractivity contribution in [3.63, 3.8) is 0 Å². The average Bonchev–Trinajstić information content (AvgIpc) is 3.00. The Kier molecular flexibility index (Phi) is 6.63. The highest BCUT2D eigenvalue weighted by atomic mass is 16.2. The first-order valence-corrected chi connectivity index (χ1v) is 12.8. The van der Waals surface area contributed by atoms with Gasteiger partial charge in [-0.2, -0.15) is 0 Å². The normalized spacial score (nSPS) is 11.5. The molecule has 0 radical (unpaired) electrons. The maximum atomic E-state index is 14.2. The summed E-state index contributed by atoms with van der Waals surface area (Å²) in [5.41, 5.74) is 8.80. The Morgan fingerprint density at radius 1 is 0.927 bits per heavy atom. The van der Waals surface area contributed by atoms with Crippen molar-refractivity contribution in [2.24, 2.45) is 0 Å². The number of aromatic nitrogens is 5. The van der Waals surface area contributed by atoms with E-state index in [4.69, 9.17) is 10.7 Å². The number of anilines is 1. The third-order valence-electron chi connectivity index (χ3n) is 6.60. The van der Waals surface area contributed by atoms with E-state index >= 15 is 0 Å². The molecule has 2 aromatic carbocycles. The van der Waals surface area contributed by atoms with Crippen molar-refractivity contribution >= 4 is 33.5 Å². The molecular formula is C32H23N7O2. The molecular weight excluding hydrogens is 514 g/mol. The number of fused-ring (bicyclic) bond motifs is 2. The van der Waals surface area contributed by atoms with E-state index in [9.17, 15) is 9.59 Å². The van der Waals surface area contributed by atoms with Crippen molar-refractivity contribution in [1.29, 1.82) is 0 Å². The van der Waals surface area contributed by atoms with Gasteiger partial charge >= 0.3 is 0 Å². The van der Waals surface area contributed by atoms with Crippen LogP contribution in [-0.4, -0.2) is 30.4 Å². The number of hydrogen-bond acceptors (Lipinski definition) is 7. The van der Waals surface area contributed by atoms with Crippen molar-refractivity contribution in [2.45, 2.75) is 13.0 Å². The van der Waals surface area contributed by atoms with Gasteiger partial charge in [0.1, 0.15) is 17.2 Å². The quantitative estimate of drug-likeness (QED) is 0.323. The zero-order chi connectivity index (χ0) is 28.3. The Balaban J connectivity index is 1.48. The highest BCUT2D eigenvalue weighted by Gasteiger charge is 2.23. The lowest BCUT2D eigenvalue weighted by atomic mass is 10.1. The van der Waals surface area contributed by atoms with Gasteiger partial charge in [0.15, 0.2) is 0 Å². The number of amides is 1. The highest BCUT2D eigenvalue weighted by Crippen LogP contribution is 2.23. The highest BCUT2D eigenvalue weighted by molar-refractivity contribution is 6.09. The number of para-hydroxylation sites is 1. The first-order valence-electron chi connectivity index (χ1n) is 12.8. The third-order valence-corrected chi connectivity index (χ3v) is 6.60. The van der Waals surface area contributed by atoms with Crippen LogP contribution in [0.4, 0.5) is 5.82 Å². The summed E-state index contributed by atoms with van der Waals surface area (Å²) in [6.45, 7) is 1.76. The van der Waals surface area contributed by atoms with E-state index in [1.165, 1.54) is 4.57 Å². The van der Waals surface area contributed by atoms with Crippen LogP contribution in [0.15, 0.2) is 102 Å². The number of nitrogens with two attached hydrogens (primary N) is 1. The number of benzene rings is 2. The Labute approximate surface area is 234 Å². The second-order valence-electron chi connectivity index (χ2n) is 9.29. The van der Waals surface area contributed by atoms with Crippen LogP contribution >= 0.6 is 0 Å². The van der Waals surface area contributed by atoms with E-state index in [2.05, 4.69) is 32.1 Å². The van der Waals surface area contributed by atoms with Crippen LogP contribution in [0.2, 0.25) is 0 Å². The number of carbonyl (C=O) groups excluding carboxylic acids is 1. The first-order chi connectivity index (χ1) is 20.0. The summed E-state index contributed by atoms with van der Waals surface area (Å²) >= 11 is 0. The average molecular weight is 538 g/mol. The lowest BCUT2D eigenvalue weighted by Gasteiger charge is -2.20. The number of nitrogens with one attached hydrogen (secondary N) is 1. The predicted octanol–water partition coefficient (Wildman–Crippen LogP) is 4.20. The van der Waals surface area contributed by atoms with Crippen LogP contribution in [0.1, 0.15) is 40.3 Å². The van der Waals surface area contributed by atoms with Crippen molar-refractivity contribution < 1.29 is 4.79 Å². The van der Waals surface area contributed by atoms with Crippen molar-refractivity contribution in [3.8, 4) is 17.5 Å². The fourth-order valence-corrected chi connectivity index (χ4v) is 4.66. The fraction of sp³-hybridized carbons (Fsp3) is 0.0625. The number of pyridine rings is 3. The number of carbonyl (C=O) groups is 1. The van der Waals surface area contributed by atoms with Gasteiger partial charge in [0.2, 0.25) is 0 Å². The van der Waals surface area contributed by atoms with Gasteiger partial charge in [-0.3, -0.25) is 24.1 Å². The van der Waals surface area contributed by atoms with E-state index in [1.807, 2.05) is 36.4 Å². The summed E-state index contributed by atoms with van der Waals surface area (Å²) in [6.07, 6.45) is 6.49. The second-order valence-corrected chi connectivity index (χ2v) is 9.29. The minimum Gasteiger partial charge on any atom is -0.383 e. The molecule has 9 heteroatoms. The molecule has 4 heterocycles. The SMILES string of the molecule is C[C@H](NC(=O)c1c(N)ncc2cccnc12)c1nc2cccc(C#Cc3ccncc3)c2c(=O)n1-c1ccccc1. The Morgan fingerprint density at radius 3 is 2.54 bits per heavy atom. The van der Waals surface area contributed by atoms with Crippen LogP contribution in [-0.2, 0) is 0 Å². The molecule has 1 atom stereocenters. The van der Waals surface area contributed by atoms with Crippen molar-refractivity contribution in [1.82, 2.24) is 29.8 Å². The molecule has 41 heavy (non-hydrogen) atoms. The molecule has 6 rings (SSSR count). The third kappa shape index (κ3) is 4.86. The van der Waals surface area contributed by atoms with Gasteiger partial charge < -0.3 is 11.1 Å². The summed E-state index contributed by atoms with van der Waals surface area (Å²) in [5, 5.41) is 4.02. The minimum atomic E-state index is -0.690. The standard InChI is InChI=1S/C32H23N7O2/c1-20(37-31(40)27-28-23(8-6-16-35-28)19-36-29(27)33)30-38-25-11-5-7-22(13-12-21-14-17-34-18-15-21)26(25)32(41)39(30)24-9-3-2-4-10-24/h2-11,14-20H,1H3,(H2,33,36)(H,37,40)/t20-/m0/s1. The molecule has 0 saturated carbocycles.